The molecule has 0 saturated carbocycles. The number of carbonyl (C=O) groups is 7. The largest absolute Gasteiger partial charge is 0.573 e. The molecule has 372 valence electrons. The van der Waals surface area contributed by atoms with E-state index in [2.05, 4.69) is 30.7 Å². The van der Waals surface area contributed by atoms with Gasteiger partial charge in [0.05, 0.1) is 56.0 Å². The molecule has 1 atom stereocenters. The lowest BCUT2D eigenvalue weighted by Crippen LogP contribution is -2.54. The number of aryl methyl sites for hydroxylation is 1. The topological polar surface area (TPSA) is 256 Å². The van der Waals surface area contributed by atoms with E-state index in [-0.39, 0.29) is 98.3 Å². The van der Waals surface area contributed by atoms with Crippen LogP contribution in [0.5, 0.6) is 11.6 Å². The van der Waals surface area contributed by atoms with Gasteiger partial charge in [0.25, 0.3) is 17.7 Å². The fourth-order valence-electron chi connectivity index (χ4n) is 8.11. The van der Waals surface area contributed by atoms with Crippen LogP contribution in [0, 0.1) is 0 Å². The van der Waals surface area contributed by atoms with Crippen molar-refractivity contribution in [1.29, 1.82) is 0 Å². The number of ether oxygens (including phenoxy) is 4. The molecule has 5 N–H and O–H groups in total. The van der Waals surface area contributed by atoms with Crippen molar-refractivity contribution in [3.05, 3.63) is 89.5 Å². The number of nitrogens with two attached hydrogens (primary N) is 1. The van der Waals surface area contributed by atoms with E-state index >= 15 is 0 Å². The summed E-state index contributed by atoms with van der Waals surface area (Å²) in [5.74, 6) is -3.66. The average molecular weight is 976 g/mol. The number of imidazole rings is 1. The minimum Gasteiger partial charge on any atom is -0.474 e. The van der Waals surface area contributed by atoms with Gasteiger partial charge in [-0.2, -0.15) is 0 Å². The number of likely N-dealkylation sites (tertiary alicyclic amines) is 1. The number of nitrogens with one attached hydrogen (secondary N) is 3. The molecule has 7 rings (SSSR count). The van der Waals surface area contributed by atoms with Gasteiger partial charge in [0.15, 0.2) is 0 Å². The SMILES string of the molecule is NC(=O)c1cc(-c2cn(CCCCNC(=O)CCOCCOCCNc3cccc4c3C(=O)N(C3CCC(=O)NC3=O)C4=O)cn2)cnc1OC1CCN(C(=O)Cc2ccc(OC(F)(F)F)cc2)CC1. The van der Waals surface area contributed by atoms with Gasteiger partial charge in [0.1, 0.15) is 23.5 Å². The van der Waals surface area contributed by atoms with Crippen LogP contribution < -0.4 is 31.2 Å². The van der Waals surface area contributed by atoms with Gasteiger partial charge in [-0.3, -0.25) is 43.8 Å². The van der Waals surface area contributed by atoms with E-state index in [1.54, 1.807) is 35.6 Å². The van der Waals surface area contributed by atoms with Crippen LogP contribution in [0.4, 0.5) is 18.9 Å². The van der Waals surface area contributed by atoms with E-state index in [1.165, 1.54) is 18.2 Å². The van der Waals surface area contributed by atoms with Crippen molar-refractivity contribution in [3.63, 3.8) is 0 Å². The first kappa shape index (κ1) is 50.5. The number of nitrogens with zero attached hydrogens (tertiary/aromatic N) is 5. The van der Waals surface area contributed by atoms with Gasteiger partial charge in [-0.05, 0) is 55.2 Å². The lowest BCUT2D eigenvalue weighted by molar-refractivity contribution is -0.274. The Balaban J connectivity index is 0.733. The standard InChI is InChI=1S/C47H52F3N9O11/c48-47(49,50)70-32-8-6-29(7-9-32)24-40(62)58-18-12-31(13-19-58)69-44-34(42(51)63)25-30(26-54-44)36-27-57(28-55-36)17-2-1-15-53-38(60)14-20-67-22-23-68-21-16-52-35-5-3-4-33-41(35)46(66)59(45(33)65)37-10-11-39(61)56-43(37)64/h3-9,25-28,31,37,52H,1-2,10-24H2,(H2,51,63)(H,53,60)(H,56,61,64). The zero-order chi connectivity index (χ0) is 49.8. The summed E-state index contributed by atoms with van der Waals surface area (Å²) >= 11 is 0. The number of hydrogen-bond acceptors (Lipinski definition) is 14. The third-order valence-electron chi connectivity index (χ3n) is 11.7. The number of carbonyl (C=O) groups excluding carboxylic acids is 7. The molecule has 20 nitrogen and oxygen atoms in total. The Labute approximate surface area is 399 Å². The van der Waals surface area contributed by atoms with Gasteiger partial charge in [-0.15, -0.1) is 13.2 Å². The predicted molar refractivity (Wildman–Crippen MR) is 241 cm³/mol. The Morgan fingerprint density at radius 1 is 0.886 bits per heavy atom. The number of imide groups is 2. The Bertz CT molecular complexity index is 2560. The molecular weight excluding hydrogens is 924 g/mol. The number of anilines is 1. The van der Waals surface area contributed by atoms with E-state index < -0.39 is 41.9 Å². The predicted octanol–water partition coefficient (Wildman–Crippen LogP) is 3.39. The van der Waals surface area contributed by atoms with Gasteiger partial charge < -0.3 is 44.8 Å². The molecule has 3 aliphatic rings. The molecule has 23 heteroatoms. The second-order valence-corrected chi connectivity index (χ2v) is 16.6. The van der Waals surface area contributed by atoms with Crippen molar-refractivity contribution < 1.29 is 65.7 Å². The van der Waals surface area contributed by atoms with Crippen molar-refractivity contribution >= 4 is 47.0 Å². The highest BCUT2D eigenvalue weighted by Gasteiger charge is 2.45. The molecule has 0 bridgehead atoms. The number of amides is 7. The fourth-order valence-corrected chi connectivity index (χ4v) is 8.11. The van der Waals surface area contributed by atoms with E-state index in [0.29, 0.717) is 74.5 Å². The Morgan fingerprint density at radius 3 is 2.37 bits per heavy atom. The summed E-state index contributed by atoms with van der Waals surface area (Å²) in [4.78, 5) is 99.3. The summed E-state index contributed by atoms with van der Waals surface area (Å²) < 4.78 is 60.4. The molecule has 0 radical (unpaired) electrons. The van der Waals surface area contributed by atoms with Gasteiger partial charge >= 0.3 is 6.36 Å². The Kier molecular flexibility index (Phi) is 16.8. The number of primary amides is 1. The number of fused-ring (bicyclic) bond motifs is 1. The fraction of sp³-hybridized carbons (Fsp3) is 0.426. The molecule has 0 aliphatic carbocycles. The lowest BCUT2D eigenvalue weighted by Gasteiger charge is -2.32. The van der Waals surface area contributed by atoms with E-state index in [4.69, 9.17) is 19.9 Å². The normalized spacial score (nSPS) is 16.2. The molecule has 2 aromatic heterocycles. The van der Waals surface area contributed by atoms with Crippen LogP contribution in [-0.2, 0) is 41.6 Å². The first-order valence-electron chi connectivity index (χ1n) is 22.7. The molecular formula is C47H52F3N9O11. The number of alkyl halides is 3. The van der Waals surface area contributed by atoms with E-state index in [0.717, 1.165) is 23.5 Å². The molecule has 2 aromatic carbocycles. The minimum atomic E-state index is -4.80. The highest BCUT2D eigenvalue weighted by Crippen LogP contribution is 2.33. The third-order valence-corrected chi connectivity index (χ3v) is 11.7. The molecule has 5 heterocycles. The molecule has 7 amide bonds. The maximum Gasteiger partial charge on any atom is 0.573 e. The zero-order valence-corrected chi connectivity index (χ0v) is 38.0. The average Bonchev–Trinajstić information content (AvgIpc) is 3.90. The number of rotatable bonds is 23. The number of hydrogen-bond donors (Lipinski definition) is 4. The number of piperidine rings is 2. The summed E-state index contributed by atoms with van der Waals surface area (Å²) in [6.45, 7) is 3.16. The molecule has 2 saturated heterocycles. The van der Waals surface area contributed by atoms with Crippen LogP contribution in [-0.4, -0.2) is 137 Å². The van der Waals surface area contributed by atoms with Crippen molar-refractivity contribution in [1.82, 2.24) is 35.0 Å². The molecule has 2 fully saturated rings. The van der Waals surface area contributed by atoms with Crippen LogP contribution in [0.1, 0.15) is 81.6 Å². The second kappa shape index (κ2) is 23.3. The summed E-state index contributed by atoms with van der Waals surface area (Å²) in [5.41, 5.74) is 8.24. The molecule has 3 aliphatic heterocycles. The summed E-state index contributed by atoms with van der Waals surface area (Å²) in [6, 6.07) is 10.5. The summed E-state index contributed by atoms with van der Waals surface area (Å²) in [7, 11) is 0. The zero-order valence-electron chi connectivity index (χ0n) is 38.0. The van der Waals surface area contributed by atoms with E-state index in [1.807, 2.05) is 10.8 Å². The first-order valence-corrected chi connectivity index (χ1v) is 22.7. The smallest absolute Gasteiger partial charge is 0.474 e. The monoisotopic (exact) mass is 975 g/mol. The lowest BCUT2D eigenvalue weighted by atomic mass is 10.0. The minimum absolute atomic E-state index is 0.0129. The van der Waals surface area contributed by atoms with Crippen molar-refractivity contribution in [2.24, 2.45) is 5.73 Å². The number of aromatic nitrogens is 3. The second-order valence-electron chi connectivity index (χ2n) is 16.6. The van der Waals surface area contributed by atoms with Gasteiger partial charge in [0, 0.05) is 82.1 Å². The van der Waals surface area contributed by atoms with Gasteiger partial charge in [-0.25, -0.2) is 9.97 Å². The maximum atomic E-state index is 13.2. The molecule has 70 heavy (non-hydrogen) atoms. The van der Waals surface area contributed by atoms with Crippen LogP contribution in [0.3, 0.4) is 0 Å². The van der Waals surface area contributed by atoms with Crippen molar-refractivity contribution in [2.45, 2.75) is 76.4 Å². The summed E-state index contributed by atoms with van der Waals surface area (Å²) in [5, 5.41) is 8.17. The van der Waals surface area contributed by atoms with Crippen LogP contribution in [0.25, 0.3) is 11.3 Å². The van der Waals surface area contributed by atoms with Crippen LogP contribution in [0.15, 0.2) is 67.3 Å². The number of unbranched alkanes of at least 4 members (excludes halogenated alkanes) is 1. The molecule has 1 unspecified atom stereocenters. The molecule has 4 aromatic rings. The number of benzene rings is 2. The molecule has 0 spiro atoms. The van der Waals surface area contributed by atoms with Crippen LogP contribution in [0.2, 0.25) is 0 Å². The van der Waals surface area contributed by atoms with Crippen molar-refractivity contribution in [3.8, 4) is 22.9 Å². The van der Waals surface area contributed by atoms with E-state index in [9.17, 15) is 46.7 Å². The number of halogens is 3. The highest BCUT2D eigenvalue weighted by atomic mass is 19.4. The van der Waals surface area contributed by atoms with Gasteiger partial charge in [-0.1, -0.05) is 18.2 Å². The Morgan fingerprint density at radius 2 is 1.64 bits per heavy atom. The first-order chi connectivity index (χ1) is 33.6. The summed E-state index contributed by atoms with van der Waals surface area (Å²) in [6.07, 6.45) is 2.54. The number of pyridine rings is 1. The quantitative estimate of drug-likeness (QED) is 0.0614. The third kappa shape index (κ3) is 13.4. The van der Waals surface area contributed by atoms with Gasteiger partial charge in [0.2, 0.25) is 29.5 Å². The maximum absolute atomic E-state index is 13.2. The van der Waals surface area contributed by atoms with Crippen molar-refractivity contribution in [2.75, 3.05) is 57.9 Å². The highest BCUT2D eigenvalue weighted by molar-refractivity contribution is 6.25. The van der Waals surface area contributed by atoms with Crippen LogP contribution >= 0.6 is 0 Å². The Hall–Kier alpha value is -7.40.